The summed E-state index contributed by atoms with van der Waals surface area (Å²) < 4.78 is 26.9. The number of benzene rings is 19. The Bertz CT molecular complexity index is 7700. The van der Waals surface area contributed by atoms with Crippen LogP contribution in [0.25, 0.3) is 242 Å². The fraction of sp³-hybridized carbons (Fsp3) is 0. The molecule has 4 aromatic heterocycles. The summed E-state index contributed by atoms with van der Waals surface area (Å²) in [7, 11) is 0. The van der Waals surface area contributed by atoms with Crippen molar-refractivity contribution in [1.29, 1.82) is 0 Å². The second-order valence-electron chi connectivity index (χ2n) is 28.7. The lowest BCUT2D eigenvalue weighted by molar-refractivity contribution is 0.606. The Labute approximate surface area is 619 Å². The lowest BCUT2D eigenvalue weighted by Gasteiger charge is -2.20. The molecule has 0 aliphatic rings. The summed E-state index contributed by atoms with van der Waals surface area (Å²) in [6.07, 6.45) is 4.32. The molecular formula is C104H60O4. The van der Waals surface area contributed by atoms with Gasteiger partial charge >= 0.3 is 0 Å². The van der Waals surface area contributed by atoms with E-state index >= 15 is 0 Å². The first-order valence-electron chi connectivity index (χ1n) is 37.0. The van der Waals surface area contributed by atoms with Crippen LogP contribution in [0.2, 0.25) is 0 Å². The summed E-state index contributed by atoms with van der Waals surface area (Å²) in [6, 6.07) is 128. The molecule has 0 aliphatic heterocycles. The van der Waals surface area contributed by atoms with Crippen molar-refractivity contribution >= 4 is 164 Å². The quantitative estimate of drug-likeness (QED) is 0.135. The van der Waals surface area contributed by atoms with E-state index in [0.717, 1.165) is 143 Å². The normalized spacial score (nSPS) is 12.2. The molecule has 0 N–H and O–H groups in total. The average molecular weight is 1370 g/mol. The number of hydrogen-bond acceptors (Lipinski definition) is 4. The third-order valence-corrected chi connectivity index (χ3v) is 22.9. The van der Waals surface area contributed by atoms with Gasteiger partial charge in [0.1, 0.15) is 44.8 Å². The van der Waals surface area contributed by atoms with Crippen LogP contribution in [-0.2, 0) is 0 Å². The monoisotopic (exact) mass is 1370 g/mol. The van der Waals surface area contributed by atoms with Crippen LogP contribution >= 0.6 is 0 Å². The first kappa shape index (κ1) is 60.1. The fourth-order valence-corrected chi connectivity index (χ4v) is 18.1. The number of para-hydroxylation sites is 2. The van der Waals surface area contributed by atoms with Crippen LogP contribution in [0.1, 0.15) is 11.3 Å². The van der Waals surface area contributed by atoms with E-state index in [2.05, 4.69) is 346 Å². The van der Waals surface area contributed by atoms with Gasteiger partial charge in [-0.3, -0.25) is 0 Å². The topological polar surface area (TPSA) is 52.6 Å². The molecule has 0 radical (unpaired) electrons. The molecule has 500 valence electrons. The molecule has 0 aliphatic carbocycles. The summed E-state index contributed by atoms with van der Waals surface area (Å²) in [4.78, 5) is 0. The smallest absolute Gasteiger partial charge is 0.143 e. The van der Waals surface area contributed by atoms with Crippen molar-refractivity contribution in [3.63, 3.8) is 0 Å². The van der Waals surface area contributed by atoms with Gasteiger partial charge in [-0.25, -0.2) is 0 Å². The van der Waals surface area contributed by atoms with Crippen molar-refractivity contribution < 1.29 is 17.7 Å². The van der Waals surface area contributed by atoms with Gasteiger partial charge in [0.05, 0.1) is 0 Å². The maximum absolute atomic E-state index is 6.99. The highest BCUT2D eigenvalue weighted by molar-refractivity contribution is 6.27. The zero-order chi connectivity index (χ0) is 70.7. The molecule has 0 bridgehead atoms. The average Bonchev–Trinajstić information content (AvgIpc) is 0.938. The van der Waals surface area contributed by atoms with Gasteiger partial charge in [-0.05, 0) is 227 Å². The van der Waals surface area contributed by atoms with Crippen LogP contribution < -0.4 is 0 Å². The highest BCUT2D eigenvalue weighted by Gasteiger charge is 2.25. The molecule has 0 atom stereocenters. The van der Waals surface area contributed by atoms with E-state index in [0.29, 0.717) is 0 Å². The maximum atomic E-state index is 6.99. The minimum Gasteiger partial charge on any atom is -0.456 e. The zero-order valence-electron chi connectivity index (χ0n) is 58.3. The van der Waals surface area contributed by atoms with Crippen LogP contribution in [0.4, 0.5) is 0 Å². The molecule has 0 saturated heterocycles. The van der Waals surface area contributed by atoms with Crippen molar-refractivity contribution in [3.05, 3.63) is 363 Å². The highest BCUT2D eigenvalue weighted by atomic mass is 16.3. The maximum Gasteiger partial charge on any atom is 0.143 e. The van der Waals surface area contributed by atoms with Gasteiger partial charge < -0.3 is 17.7 Å². The summed E-state index contributed by atoms with van der Waals surface area (Å²) >= 11 is 0. The molecule has 23 aromatic rings. The molecule has 0 fully saturated rings. The summed E-state index contributed by atoms with van der Waals surface area (Å²) in [5.41, 5.74) is 23.2. The van der Waals surface area contributed by atoms with Crippen LogP contribution in [0.5, 0.6) is 0 Å². The molecule has 4 heterocycles. The van der Waals surface area contributed by atoms with E-state index in [9.17, 15) is 0 Å². The number of hydrogen-bond donors (Lipinski definition) is 0. The van der Waals surface area contributed by atoms with Crippen molar-refractivity contribution in [2.45, 2.75) is 0 Å². The second-order valence-corrected chi connectivity index (χ2v) is 28.7. The summed E-state index contributed by atoms with van der Waals surface area (Å²) in [5, 5.41) is 24.2. The van der Waals surface area contributed by atoms with Gasteiger partial charge in [0, 0.05) is 48.7 Å². The Morgan fingerprint density at radius 2 is 0.639 bits per heavy atom. The van der Waals surface area contributed by atoms with Crippen LogP contribution in [-0.4, -0.2) is 0 Å². The molecule has 0 unspecified atom stereocenters. The summed E-state index contributed by atoms with van der Waals surface area (Å²) in [5.74, 6) is 0.777. The Hall–Kier alpha value is -14.3. The van der Waals surface area contributed by atoms with Gasteiger partial charge in [-0.15, -0.1) is 0 Å². The number of fused-ring (bicyclic) bond motifs is 18. The minimum absolute atomic E-state index is 0.777. The summed E-state index contributed by atoms with van der Waals surface area (Å²) in [6.45, 7) is 0. The lowest BCUT2D eigenvalue weighted by Crippen LogP contribution is -1.93. The Balaban J connectivity index is 0.598. The van der Waals surface area contributed by atoms with E-state index in [-0.39, 0.29) is 0 Å². The molecule has 0 saturated carbocycles. The molecular weight excluding hydrogens is 1310 g/mol. The van der Waals surface area contributed by atoms with Gasteiger partial charge in [0.15, 0.2) is 0 Å². The Morgan fingerprint density at radius 1 is 0.176 bits per heavy atom. The predicted molar refractivity (Wildman–Crippen MR) is 454 cm³/mol. The third-order valence-electron chi connectivity index (χ3n) is 22.9. The van der Waals surface area contributed by atoms with E-state index in [1.165, 1.54) is 98.0 Å². The van der Waals surface area contributed by atoms with E-state index in [4.69, 9.17) is 17.7 Å². The minimum atomic E-state index is 0.777. The molecule has 0 amide bonds. The second kappa shape index (κ2) is 23.6. The largest absolute Gasteiger partial charge is 0.456 e. The predicted octanol–water partition coefficient (Wildman–Crippen LogP) is 30.0. The molecule has 108 heavy (non-hydrogen) atoms. The van der Waals surface area contributed by atoms with Crippen molar-refractivity contribution in [2.75, 3.05) is 0 Å². The SMILES string of the molecule is C(=C\c1oc2ccccc2c1-c1ccc2c(c1)oc1cccc(-c3ccc(-c4c5ccccc5c(-c5cccc(-c6ccc7oc8cc9c(ccc%10c%11ccccc%11oc9%10)cc8c7c6)c5)c5ccccc45)c4ccccc34)c12)/c1cccc(-c2c3ccccc3c(-c3cccc4ccccc34)c3ccccc23)c1. The van der Waals surface area contributed by atoms with E-state index in [1.54, 1.807) is 0 Å². The van der Waals surface area contributed by atoms with Crippen molar-refractivity contribution in [2.24, 2.45) is 0 Å². The molecule has 19 aromatic carbocycles. The molecule has 0 spiro atoms. The zero-order valence-corrected chi connectivity index (χ0v) is 58.3. The first-order valence-corrected chi connectivity index (χ1v) is 37.0. The molecule has 23 rings (SSSR count). The molecule has 4 heteroatoms. The molecule has 4 nitrogen and oxygen atoms in total. The van der Waals surface area contributed by atoms with Crippen molar-refractivity contribution in [3.8, 4) is 77.9 Å². The van der Waals surface area contributed by atoms with Crippen molar-refractivity contribution in [1.82, 2.24) is 0 Å². The van der Waals surface area contributed by atoms with Gasteiger partial charge in [0.2, 0.25) is 0 Å². The van der Waals surface area contributed by atoms with E-state index in [1.807, 2.05) is 18.2 Å². The lowest BCUT2D eigenvalue weighted by atomic mass is 9.83. The van der Waals surface area contributed by atoms with Crippen LogP contribution in [0, 0.1) is 0 Å². The van der Waals surface area contributed by atoms with Gasteiger partial charge in [0.25, 0.3) is 0 Å². The number of furan rings is 4. The van der Waals surface area contributed by atoms with Gasteiger partial charge in [-0.2, -0.15) is 0 Å². The first-order chi connectivity index (χ1) is 53.5. The standard InChI is InChI=1S/C104H60O4/c1-2-27-69-62(22-1)23-19-40-74(69)101-80-35-9-5-31-76(80)98(77-32-6-10-36-81(77)101)66-25-17-21-61(55-66)45-53-95-100(86-39-14-16-43-92(86)105-95)68-47-50-87-96(59-68)107-94-44-20-41-75(103(87)94)72-51-52-84(71-29-4-3-28-70(71)72)102-82-37-11-7-33-78(82)99(79-34-8-12-38-83(79)102)67-26-18-24-63(56-67)64-48-54-93-89(57-64)90-58-65-46-49-85-73-30-13-15-42-91(73)108-104(85)88(65)60-97(90)106-93/h1-60H/b53-45+. The van der Waals surface area contributed by atoms with Gasteiger partial charge in [-0.1, -0.05) is 285 Å². The number of rotatable bonds is 9. The highest BCUT2D eigenvalue weighted by Crippen LogP contribution is 2.51. The van der Waals surface area contributed by atoms with E-state index < -0.39 is 0 Å². The Morgan fingerprint density at radius 3 is 1.35 bits per heavy atom. The fourth-order valence-electron chi connectivity index (χ4n) is 18.1. The van der Waals surface area contributed by atoms with Crippen LogP contribution in [0.3, 0.4) is 0 Å². The Kier molecular flexibility index (Phi) is 13.1. The third kappa shape index (κ3) is 9.17. The van der Waals surface area contributed by atoms with Crippen LogP contribution in [0.15, 0.2) is 370 Å².